The molecule has 0 aliphatic carbocycles. The van der Waals surface area contributed by atoms with E-state index >= 15 is 0 Å². The maximum Gasteiger partial charge on any atom is 0.312 e. The zero-order chi connectivity index (χ0) is 18.6. The fraction of sp³-hybridized carbons (Fsp3) is 0.800. The molecule has 0 aromatic heterocycles. The second-order valence-electron chi connectivity index (χ2n) is 7.74. The third-order valence-corrected chi connectivity index (χ3v) is 5.49. The molecule has 1 heterocycles. The summed E-state index contributed by atoms with van der Waals surface area (Å²) in [7, 11) is 0. The first-order chi connectivity index (χ1) is 11.1. The van der Waals surface area contributed by atoms with Gasteiger partial charge in [-0.3, -0.25) is 9.59 Å². The Labute approximate surface area is 146 Å². The molecule has 0 aromatic rings. The molecule has 1 saturated heterocycles. The minimum absolute atomic E-state index is 0.0157. The van der Waals surface area contributed by atoms with Crippen LogP contribution in [0.15, 0.2) is 11.6 Å². The third-order valence-electron chi connectivity index (χ3n) is 5.49. The van der Waals surface area contributed by atoms with Crippen molar-refractivity contribution in [2.24, 2.45) is 29.6 Å². The van der Waals surface area contributed by atoms with Crippen LogP contribution in [0.5, 0.6) is 0 Å². The van der Waals surface area contributed by atoms with Crippen LogP contribution in [0.3, 0.4) is 0 Å². The molecule has 7 atom stereocenters. The van der Waals surface area contributed by atoms with Gasteiger partial charge in [0.1, 0.15) is 11.9 Å². The SMILES string of the molecule is CC[C@@H](C)[C@@H](O)[C@H](C)C(=O)C(C)/C=C(\C)C[C@H](C)[C@@H]1OC(=O)[C@H]1C. The first kappa shape index (κ1) is 20.9. The summed E-state index contributed by atoms with van der Waals surface area (Å²) in [5, 5.41) is 10.3. The monoisotopic (exact) mass is 338 g/mol. The van der Waals surface area contributed by atoms with Gasteiger partial charge in [-0.15, -0.1) is 0 Å². The smallest absolute Gasteiger partial charge is 0.312 e. The quantitative estimate of drug-likeness (QED) is 0.513. The Hall–Kier alpha value is -1.16. The van der Waals surface area contributed by atoms with Gasteiger partial charge in [-0.25, -0.2) is 0 Å². The van der Waals surface area contributed by atoms with Crippen LogP contribution in [-0.2, 0) is 14.3 Å². The van der Waals surface area contributed by atoms with Crippen LogP contribution in [0, 0.1) is 29.6 Å². The van der Waals surface area contributed by atoms with Gasteiger partial charge in [0.05, 0.1) is 12.0 Å². The average molecular weight is 338 g/mol. The zero-order valence-electron chi connectivity index (χ0n) is 16.2. The van der Waals surface area contributed by atoms with Crippen molar-refractivity contribution in [3.8, 4) is 0 Å². The van der Waals surface area contributed by atoms with Gasteiger partial charge in [0.15, 0.2) is 0 Å². The van der Waals surface area contributed by atoms with Crippen molar-refractivity contribution >= 4 is 11.8 Å². The molecule has 1 rings (SSSR count). The molecule has 138 valence electrons. The van der Waals surface area contributed by atoms with Crippen molar-refractivity contribution < 1.29 is 19.4 Å². The lowest BCUT2D eigenvalue weighted by atomic mass is 9.82. The molecule has 1 aliphatic heterocycles. The molecule has 0 amide bonds. The normalized spacial score (nSPS) is 27.5. The summed E-state index contributed by atoms with van der Waals surface area (Å²) in [5.41, 5.74) is 1.13. The van der Waals surface area contributed by atoms with Gasteiger partial charge in [-0.05, 0) is 32.1 Å². The minimum atomic E-state index is -0.590. The summed E-state index contributed by atoms with van der Waals surface area (Å²) in [5.74, 6) is -0.271. The largest absolute Gasteiger partial charge is 0.461 e. The number of carbonyl (C=O) groups is 2. The Morgan fingerprint density at radius 2 is 1.88 bits per heavy atom. The zero-order valence-corrected chi connectivity index (χ0v) is 16.2. The standard InChI is InChI=1S/C20H34O4/c1-8-12(3)17(21)15(6)18(22)13(4)9-11(2)10-14(5)19-16(7)20(23)24-19/h9,12-17,19,21H,8,10H2,1-7H3/b11-9+/t12-,13?,14+,15+,16+,17-,19+/m1/s1. The second kappa shape index (κ2) is 8.80. The lowest BCUT2D eigenvalue weighted by Gasteiger charge is -2.37. The van der Waals surface area contributed by atoms with E-state index in [4.69, 9.17) is 4.74 Å². The molecule has 0 spiro atoms. The number of aliphatic hydroxyl groups excluding tert-OH is 1. The summed E-state index contributed by atoms with van der Waals surface area (Å²) < 4.78 is 5.21. The van der Waals surface area contributed by atoms with Crippen LogP contribution in [-0.4, -0.2) is 29.1 Å². The number of carbonyl (C=O) groups excluding carboxylic acids is 2. The van der Waals surface area contributed by atoms with Gasteiger partial charge in [-0.1, -0.05) is 52.7 Å². The van der Waals surface area contributed by atoms with Gasteiger partial charge < -0.3 is 9.84 Å². The van der Waals surface area contributed by atoms with Crippen LogP contribution in [0.1, 0.15) is 61.3 Å². The molecule has 0 saturated carbocycles. The van der Waals surface area contributed by atoms with Crippen molar-refractivity contribution in [3.63, 3.8) is 0 Å². The summed E-state index contributed by atoms with van der Waals surface area (Å²) in [4.78, 5) is 23.8. The highest BCUT2D eigenvalue weighted by atomic mass is 16.6. The van der Waals surface area contributed by atoms with Crippen LogP contribution in [0.2, 0.25) is 0 Å². The second-order valence-corrected chi connectivity index (χ2v) is 7.74. The Balaban J connectivity index is 2.60. The first-order valence-electron chi connectivity index (χ1n) is 9.19. The molecule has 0 radical (unpaired) electrons. The number of hydrogen-bond acceptors (Lipinski definition) is 4. The molecular weight excluding hydrogens is 304 g/mol. The highest BCUT2D eigenvalue weighted by molar-refractivity contribution is 5.85. The van der Waals surface area contributed by atoms with Crippen LogP contribution < -0.4 is 0 Å². The van der Waals surface area contributed by atoms with Crippen molar-refractivity contribution in [1.82, 2.24) is 0 Å². The number of allylic oxidation sites excluding steroid dienone is 2. The highest BCUT2D eigenvalue weighted by Gasteiger charge is 2.41. The summed E-state index contributed by atoms with van der Waals surface area (Å²) in [6.07, 6.45) is 3.05. The number of cyclic esters (lactones) is 1. The van der Waals surface area contributed by atoms with Crippen molar-refractivity contribution in [1.29, 1.82) is 0 Å². The molecule has 1 N–H and O–H groups in total. The predicted octanol–water partition coefficient (Wildman–Crippen LogP) is 3.77. The number of aliphatic hydroxyl groups is 1. The molecule has 1 aliphatic rings. The van der Waals surface area contributed by atoms with Crippen LogP contribution in [0.25, 0.3) is 0 Å². The summed E-state index contributed by atoms with van der Waals surface area (Å²) >= 11 is 0. The van der Waals surface area contributed by atoms with Gasteiger partial charge in [0, 0.05) is 11.8 Å². The molecular formula is C20H34O4. The number of esters is 1. The first-order valence-corrected chi connectivity index (χ1v) is 9.19. The number of ether oxygens (including phenoxy) is 1. The molecule has 4 nitrogen and oxygen atoms in total. The predicted molar refractivity (Wildman–Crippen MR) is 95.4 cm³/mol. The topological polar surface area (TPSA) is 63.6 Å². The van der Waals surface area contributed by atoms with E-state index in [1.165, 1.54) is 0 Å². The van der Waals surface area contributed by atoms with E-state index in [2.05, 4.69) is 6.92 Å². The number of Topliss-reactive ketones (excluding diaryl/α,β-unsaturated/α-hetero) is 1. The molecule has 1 unspecified atom stereocenters. The van der Waals surface area contributed by atoms with Gasteiger partial charge in [0.2, 0.25) is 0 Å². The average Bonchev–Trinajstić information content (AvgIpc) is 2.55. The molecule has 1 fully saturated rings. The van der Waals surface area contributed by atoms with Crippen LogP contribution in [0.4, 0.5) is 0 Å². The maximum atomic E-state index is 12.5. The lowest BCUT2D eigenvalue weighted by Crippen LogP contribution is -2.47. The van der Waals surface area contributed by atoms with E-state index < -0.39 is 6.10 Å². The van der Waals surface area contributed by atoms with E-state index in [0.717, 1.165) is 18.4 Å². The van der Waals surface area contributed by atoms with E-state index in [9.17, 15) is 14.7 Å². The molecule has 0 bridgehead atoms. The summed E-state index contributed by atoms with van der Waals surface area (Å²) in [6, 6.07) is 0. The van der Waals surface area contributed by atoms with E-state index in [-0.39, 0.29) is 47.4 Å². The fourth-order valence-electron chi connectivity index (χ4n) is 3.53. The fourth-order valence-corrected chi connectivity index (χ4v) is 3.53. The van der Waals surface area contributed by atoms with E-state index in [1.807, 2.05) is 47.6 Å². The maximum absolute atomic E-state index is 12.5. The molecule has 0 aromatic carbocycles. The van der Waals surface area contributed by atoms with Crippen molar-refractivity contribution in [2.45, 2.75) is 73.5 Å². The molecule has 4 heteroatoms. The van der Waals surface area contributed by atoms with Gasteiger partial charge in [0.25, 0.3) is 0 Å². The Bertz CT molecular complexity index is 482. The van der Waals surface area contributed by atoms with Gasteiger partial charge in [-0.2, -0.15) is 0 Å². The van der Waals surface area contributed by atoms with E-state index in [1.54, 1.807) is 0 Å². The molecule has 24 heavy (non-hydrogen) atoms. The minimum Gasteiger partial charge on any atom is -0.461 e. The highest BCUT2D eigenvalue weighted by Crippen LogP contribution is 2.32. The lowest BCUT2D eigenvalue weighted by molar-refractivity contribution is -0.188. The Morgan fingerprint density at radius 1 is 1.29 bits per heavy atom. The number of ketones is 1. The van der Waals surface area contributed by atoms with Gasteiger partial charge >= 0.3 is 5.97 Å². The Kier molecular flexibility index (Phi) is 7.65. The number of rotatable bonds is 9. The Morgan fingerprint density at radius 3 is 2.33 bits per heavy atom. The van der Waals surface area contributed by atoms with Crippen molar-refractivity contribution in [2.75, 3.05) is 0 Å². The number of hydrogen-bond donors (Lipinski definition) is 1. The van der Waals surface area contributed by atoms with E-state index in [0.29, 0.717) is 0 Å². The van der Waals surface area contributed by atoms with Crippen molar-refractivity contribution in [3.05, 3.63) is 11.6 Å². The summed E-state index contributed by atoms with van der Waals surface area (Å²) in [6.45, 7) is 13.7. The third kappa shape index (κ3) is 4.92. The van der Waals surface area contributed by atoms with Crippen LogP contribution >= 0.6 is 0 Å².